The van der Waals surface area contributed by atoms with Crippen LogP contribution < -0.4 is 5.32 Å². The molecule has 0 saturated heterocycles. The molecule has 4 aromatic rings. The molecule has 0 bridgehead atoms. The predicted octanol–water partition coefficient (Wildman–Crippen LogP) is 5.94. The zero-order valence-electron chi connectivity index (χ0n) is 17.6. The standard InChI is InChI=1S/C23H23FN4O2S/c1-4-19-22(31-21(26-19)18-8-7-17(24)10-14(18)3)27-23(29)30-13-15-6-9-20-16(11-15)12-25-28(20)5-2/h6-12H,4-5,13H2,1-3H3,(H,27,29). The van der Waals surface area contributed by atoms with Crippen LogP contribution in [0.4, 0.5) is 14.2 Å². The van der Waals surface area contributed by atoms with Gasteiger partial charge in [0.05, 0.1) is 17.4 Å². The van der Waals surface area contributed by atoms with Crippen LogP contribution in [-0.2, 0) is 24.3 Å². The molecule has 0 unspecified atom stereocenters. The number of carbonyl (C=O) groups is 1. The van der Waals surface area contributed by atoms with Crippen LogP contribution >= 0.6 is 11.3 Å². The van der Waals surface area contributed by atoms with Crippen LogP contribution in [0.2, 0.25) is 0 Å². The zero-order valence-corrected chi connectivity index (χ0v) is 18.4. The molecule has 31 heavy (non-hydrogen) atoms. The number of nitrogens with one attached hydrogen (secondary N) is 1. The van der Waals surface area contributed by atoms with E-state index in [1.807, 2.05) is 49.8 Å². The van der Waals surface area contributed by atoms with Gasteiger partial charge in [-0.2, -0.15) is 5.10 Å². The Morgan fingerprint density at radius 3 is 2.81 bits per heavy atom. The maximum atomic E-state index is 13.4. The number of fused-ring (bicyclic) bond motifs is 1. The molecule has 0 aliphatic heterocycles. The van der Waals surface area contributed by atoms with E-state index >= 15 is 0 Å². The summed E-state index contributed by atoms with van der Waals surface area (Å²) in [5, 5.41) is 9.54. The van der Waals surface area contributed by atoms with Gasteiger partial charge in [-0.15, -0.1) is 0 Å². The van der Waals surface area contributed by atoms with Crippen LogP contribution in [0.1, 0.15) is 30.7 Å². The normalized spacial score (nSPS) is 11.1. The Balaban J connectivity index is 1.45. The molecular weight excluding hydrogens is 415 g/mol. The van der Waals surface area contributed by atoms with Crippen LogP contribution in [0.25, 0.3) is 21.5 Å². The largest absolute Gasteiger partial charge is 0.444 e. The van der Waals surface area contributed by atoms with Crippen LogP contribution in [-0.4, -0.2) is 20.9 Å². The molecule has 2 aromatic carbocycles. The predicted molar refractivity (Wildman–Crippen MR) is 121 cm³/mol. The number of anilines is 1. The number of aryl methyl sites for hydroxylation is 3. The molecule has 0 fully saturated rings. The van der Waals surface area contributed by atoms with E-state index in [1.54, 1.807) is 6.07 Å². The van der Waals surface area contributed by atoms with Crippen molar-refractivity contribution >= 4 is 33.3 Å². The fourth-order valence-electron chi connectivity index (χ4n) is 3.43. The third kappa shape index (κ3) is 4.44. The van der Waals surface area contributed by atoms with Gasteiger partial charge in [0.25, 0.3) is 0 Å². The molecule has 0 saturated carbocycles. The quantitative estimate of drug-likeness (QED) is 0.405. The molecule has 0 atom stereocenters. The van der Waals surface area contributed by atoms with Gasteiger partial charge in [-0.3, -0.25) is 10.00 Å². The van der Waals surface area contributed by atoms with E-state index in [-0.39, 0.29) is 12.4 Å². The highest BCUT2D eigenvalue weighted by atomic mass is 32.1. The summed E-state index contributed by atoms with van der Waals surface area (Å²) in [6, 6.07) is 10.5. The molecule has 0 aliphatic carbocycles. The van der Waals surface area contributed by atoms with Crippen molar-refractivity contribution in [3.63, 3.8) is 0 Å². The van der Waals surface area contributed by atoms with Gasteiger partial charge in [-0.05, 0) is 61.7 Å². The summed E-state index contributed by atoms with van der Waals surface area (Å²) in [7, 11) is 0. The number of aromatic nitrogens is 3. The summed E-state index contributed by atoms with van der Waals surface area (Å²) in [5.74, 6) is -0.282. The van der Waals surface area contributed by atoms with Gasteiger partial charge in [0.1, 0.15) is 22.4 Å². The lowest BCUT2D eigenvalue weighted by atomic mass is 10.1. The molecule has 0 radical (unpaired) electrons. The summed E-state index contributed by atoms with van der Waals surface area (Å²) in [6.07, 6.45) is 1.93. The number of benzene rings is 2. The zero-order chi connectivity index (χ0) is 22.0. The van der Waals surface area contributed by atoms with Gasteiger partial charge in [-0.1, -0.05) is 24.3 Å². The molecule has 0 aliphatic rings. The van der Waals surface area contributed by atoms with Crippen LogP contribution in [0.5, 0.6) is 0 Å². The number of nitrogens with zero attached hydrogens (tertiary/aromatic N) is 3. The van der Waals surface area contributed by atoms with Crippen LogP contribution in [0.15, 0.2) is 42.6 Å². The minimum absolute atomic E-state index is 0.156. The summed E-state index contributed by atoms with van der Waals surface area (Å²) in [4.78, 5) is 17.0. The monoisotopic (exact) mass is 438 g/mol. The van der Waals surface area contributed by atoms with Gasteiger partial charge in [-0.25, -0.2) is 14.2 Å². The number of halogens is 1. The van der Waals surface area contributed by atoms with E-state index in [0.717, 1.165) is 44.8 Å². The van der Waals surface area contributed by atoms with E-state index in [2.05, 4.69) is 15.4 Å². The summed E-state index contributed by atoms with van der Waals surface area (Å²) < 4.78 is 20.8. The fraction of sp³-hybridized carbons (Fsp3) is 0.261. The van der Waals surface area contributed by atoms with Gasteiger partial charge in [0.15, 0.2) is 0 Å². The van der Waals surface area contributed by atoms with Crippen molar-refractivity contribution < 1.29 is 13.9 Å². The average molecular weight is 439 g/mol. The van der Waals surface area contributed by atoms with Crippen LogP contribution in [0, 0.1) is 12.7 Å². The maximum Gasteiger partial charge on any atom is 0.412 e. The Morgan fingerprint density at radius 2 is 2.06 bits per heavy atom. The summed E-state index contributed by atoms with van der Waals surface area (Å²) in [6.45, 7) is 6.81. The highest BCUT2D eigenvalue weighted by Crippen LogP contribution is 2.34. The smallest absolute Gasteiger partial charge is 0.412 e. The van der Waals surface area contributed by atoms with E-state index < -0.39 is 6.09 Å². The van der Waals surface area contributed by atoms with E-state index in [0.29, 0.717) is 11.4 Å². The Bertz CT molecular complexity index is 1250. The van der Waals surface area contributed by atoms with Crippen molar-refractivity contribution in [1.29, 1.82) is 0 Å². The molecule has 0 spiro atoms. The Kier molecular flexibility index (Phi) is 5.99. The molecule has 8 heteroatoms. The second-order valence-corrected chi connectivity index (χ2v) is 8.16. The average Bonchev–Trinajstić information content (AvgIpc) is 3.35. The number of amides is 1. The Hall–Kier alpha value is -3.26. The Labute approximate surface area is 183 Å². The third-order valence-corrected chi connectivity index (χ3v) is 6.09. The second kappa shape index (κ2) is 8.85. The highest BCUT2D eigenvalue weighted by Gasteiger charge is 2.16. The first-order valence-electron chi connectivity index (χ1n) is 10.1. The van der Waals surface area contributed by atoms with Crippen molar-refractivity contribution in [2.45, 2.75) is 40.3 Å². The number of hydrogen-bond donors (Lipinski definition) is 1. The summed E-state index contributed by atoms with van der Waals surface area (Å²) >= 11 is 1.36. The first-order chi connectivity index (χ1) is 15.0. The minimum atomic E-state index is -0.537. The van der Waals surface area contributed by atoms with E-state index in [9.17, 15) is 9.18 Å². The van der Waals surface area contributed by atoms with Crippen molar-refractivity contribution in [1.82, 2.24) is 14.8 Å². The molecule has 6 nitrogen and oxygen atoms in total. The van der Waals surface area contributed by atoms with Crippen molar-refractivity contribution in [3.8, 4) is 10.6 Å². The minimum Gasteiger partial charge on any atom is -0.444 e. The number of rotatable bonds is 6. The van der Waals surface area contributed by atoms with Gasteiger partial charge >= 0.3 is 6.09 Å². The number of carbonyl (C=O) groups excluding carboxylic acids is 1. The molecule has 160 valence electrons. The number of thiazole rings is 1. The number of hydrogen-bond acceptors (Lipinski definition) is 5. The maximum absolute atomic E-state index is 13.4. The molecule has 4 rings (SSSR count). The SMILES string of the molecule is CCc1nc(-c2ccc(F)cc2C)sc1NC(=O)OCc1ccc2c(cnn2CC)c1. The lowest BCUT2D eigenvalue weighted by Crippen LogP contribution is -2.13. The van der Waals surface area contributed by atoms with Crippen LogP contribution in [0.3, 0.4) is 0 Å². The van der Waals surface area contributed by atoms with Crippen molar-refractivity contribution in [3.05, 3.63) is 65.2 Å². The van der Waals surface area contributed by atoms with Gasteiger partial charge < -0.3 is 4.74 Å². The lowest BCUT2D eigenvalue weighted by Gasteiger charge is -2.07. The first-order valence-corrected chi connectivity index (χ1v) is 10.9. The topological polar surface area (TPSA) is 69.0 Å². The van der Waals surface area contributed by atoms with Gasteiger partial charge in [0, 0.05) is 17.5 Å². The van der Waals surface area contributed by atoms with E-state index in [4.69, 9.17) is 4.74 Å². The summed E-state index contributed by atoms with van der Waals surface area (Å²) in [5.41, 5.74) is 4.36. The van der Waals surface area contributed by atoms with Crippen molar-refractivity contribution in [2.24, 2.45) is 0 Å². The molecule has 2 aromatic heterocycles. The van der Waals surface area contributed by atoms with E-state index in [1.165, 1.54) is 23.5 Å². The molecular formula is C23H23FN4O2S. The number of ether oxygens (including phenoxy) is 1. The third-order valence-electron chi connectivity index (χ3n) is 5.04. The highest BCUT2D eigenvalue weighted by molar-refractivity contribution is 7.19. The lowest BCUT2D eigenvalue weighted by molar-refractivity contribution is 0.155. The fourth-order valence-corrected chi connectivity index (χ4v) is 4.56. The Morgan fingerprint density at radius 1 is 1.23 bits per heavy atom. The molecule has 1 amide bonds. The molecule has 1 N–H and O–H groups in total. The second-order valence-electron chi connectivity index (χ2n) is 7.16. The van der Waals surface area contributed by atoms with Gasteiger partial charge in [0.2, 0.25) is 0 Å². The van der Waals surface area contributed by atoms with Crippen molar-refractivity contribution in [2.75, 3.05) is 5.32 Å². The first kappa shape index (κ1) is 21.0. The molecule has 2 heterocycles.